The van der Waals surface area contributed by atoms with Gasteiger partial charge in [0.2, 0.25) is 0 Å². The lowest BCUT2D eigenvalue weighted by molar-refractivity contribution is -0.234. The predicted octanol–water partition coefficient (Wildman–Crippen LogP) is -0.432. The summed E-state index contributed by atoms with van der Waals surface area (Å²) in [4.78, 5) is 14.3. The van der Waals surface area contributed by atoms with E-state index in [4.69, 9.17) is 10.4 Å². The van der Waals surface area contributed by atoms with Crippen molar-refractivity contribution in [1.82, 2.24) is 0 Å². The highest BCUT2D eigenvalue weighted by Gasteiger charge is 2.07. The highest BCUT2D eigenvalue weighted by Crippen LogP contribution is 1.93. The van der Waals surface area contributed by atoms with Crippen LogP contribution in [0.25, 0.3) is 0 Å². The number of carbonyl (C=O) groups is 1. The lowest BCUT2D eigenvalue weighted by Gasteiger charge is -2.02. The third-order valence-electron chi connectivity index (χ3n) is 0.852. The maximum absolute atomic E-state index is 10.7. The van der Waals surface area contributed by atoms with Crippen LogP contribution in [0.2, 0.25) is 0 Å². The number of ether oxygens (including phenoxy) is 1. The molecule has 0 aliphatic carbocycles. The Balaban J connectivity index is 3.56. The number of aliphatic hydroxyl groups excluding tert-OH is 1. The van der Waals surface area contributed by atoms with Gasteiger partial charge in [0.15, 0.2) is 0 Å². The van der Waals surface area contributed by atoms with Crippen LogP contribution in [0.5, 0.6) is 0 Å². The summed E-state index contributed by atoms with van der Waals surface area (Å²) in [6, 6.07) is 0. The van der Waals surface area contributed by atoms with Gasteiger partial charge in [-0.1, -0.05) is 6.58 Å². The minimum Gasteiger partial charge on any atom is -0.460 e. The van der Waals surface area contributed by atoms with Crippen LogP contribution in [-0.4, -0.2) is 36.2 Å². The summed E-state index contributed by atoms with van der Waals surface area (Å²) in [7, 11) is 0. The summed E-state index contributed by atoms with van der Waals surface area (Å²) >= 11 is 0. The topological polar surface area (TPSA) is 76.0 Å². The summed E-state index contributed by atoms with van der Waals surface area (Å²) in [6.45, 7) is 2.65. The molecule has 0 aliphatic heterocycles. The molecule has 0 aliphatic rings. The van der Waals surface area contributed by atoms with E-state index in [1.165, 1.54) is 0 Å². The van der Waals surface area contributed by atoms with Crippen molar-refractivity contribution in [2.24, 2.45) is 0 Å². The number of carbonyl (C=O) groups excluding carboxylic acids is 1. The lowest BCUT2D eigenvalue weighted by atomic mass is 10.3. The number of hydrogen-bond acceptors (Lipinski definition) is 5. The van der Waals surface area contributed by atoms with Crippen LogP contribution in [0.15, 0.2) is 12.2 Å². The first-order chi connectivity index (χ1) is 5.22. The Hall–Kier alpha value is -0.910. The van der Waals surface area contributed by atoms with Crippen molar-refractivity contribution < 1.29 is 24.8 Å². The van der Waals surface area contributed by atoms with E-state index in [1.807, 2.05) is 0 Å². The maximum atomic E-state index is 10.7. The second-order valence-corrected chi connectivity index (χ2v) is 1.74. The average Bonchev–Trinajstić information content (AvgIpc) is 2.00. The van der Waals surface area contributed by atoms with Crippen LogP contribution in [0.1, 0.15) is 0 Å². The summed E-state index contributed by atoms with van der Waals surface area (Å²) in [5, 5.41) is 16.1. The Bertz CT molecular complexity index is 142. The Morgan fingerprint density at radius 1 is 1.55 bits per heavy atom. The van der Waals surface area contributed by atoms with Gasteiger partial charge in [-0.15, -0.1) is 0 Å². The fraction of sp³-hybridized carbons (Fsp3) is 0.500. The van der Waals surface area contributed by atoms with Crippen LogP contribution < -0.4 is 0 Å². The van der Waals surface area contributed by atoms with Crippen LogP contribution in [0.3, 0.4) is 0 Å². The standard InChI is InChI=1S/C6H10O5/c1-5(4-11-9)6(8)10-3-2-7/h7,9H,1-4H2. The smallest absolute Gasteiger partial charge is 0.335 e. The van der Waals surface area contributed by atoms with E-state index in [1.54, 1.807) is 0 Å². The molecule has 0 spiro atoms. The van der Waals surface area contributed by atoms with E-state index in [-0.39, 0.29) is 25.4 Å². The van der Waals surface area contributed by atoms with Crippen LogP contribution >= 0.6 is 0 Å². The largest absolute Gasteiger partial charge is 0.460 e. The molecule has 0 atom stereocenters. The zero-order valence-electron chi connectivity index (χ0n) is 5.95. The van der Waals surface area contributed by atoms with Crippen molar-refractivity contribution >= 4 is 5.97 Å². The average molecular weight is 162 g/mol. The molecule has 0 saturated carbocycles. The zero-order chi connectivity index (χ0) is 8.69. The molecule has 0 aromatic rings. The Morgan fingerprint density at radius 3 is 2.64 bits per heavy atom. The van der Waals surface area contributed by atoms with Crippen molar-refractivity contribution in [1.29, 1.82) is 0 Å². The van der Waals surface area contributed by atoms with Gasteiger partial charge in [-0.05, 0) is 0 Å². The molecular weight excluding hydrogens is 152 g/mol. The Labute approximate surface area is 63.8 Å². The molecule has 2 N–H and O–H groups in total. The van der Waals surface area contributed by atoms with E-state index in [2.05, 4.69) is 16.2 Å². The summed E-state index contributed by atoms with van der Waals surface area (Å²) in [6.07, 6.45) is 0. The van der Waals surface area contributed by atoms with Crippen molar-refractivity contribution in [3.63, 3.8) is 0 Å². The first-order valence-corrected chi connectivity index (χ1v) is 2.94. The molecule has 11 heavy (non-hydrogen) atoms. The fourth-order valence-corrected chi connectivity index (χ4v) is 0.377. The Kier molecular flexibility index (Phi) is 5.36. The second-order valence-electron chi connectivity index (χ2n) is 1.74. The minimum absolute atomic E-state index is 0.000880. The zero-order valence-corrected chi connectivity index (χ0v) is 5.95. The van der Waals surface area contributed by atoms with Gasteiger partial charge < -0.3 is 9.84 Å². The van der Waals surface area contributed by atoms with Gasteiger partial charge in [0.25, 0.3) is 0 Å². The molecule has 5 heteroatoms. The molecule has 0 aromatic heterocycles. The lowest BCUT2D eigenvalue weighted by Crippen LogP contribution is -2.13. The molecule has 0 saturated heterocycles. The molecule has 0 bridgehead atoms. The molecule has 0 rings (SSSR count). The number of hydrogen-bond donors (Lipinski definition) is 2. The van der Waals surface area contributed by atoms with Crippen molar-refractivity contribution in [3.8, 4) is 0 Å². The van der Waals surface area contributed by atoms with E-state index in [0.29, 0.717) is 0 Å². The van der Waals surface area contributed by atoms with Crippen molar-refractivity contribution in [2.45, 2.75) is 0 Å². The molecule has 5 nitrogen and oxygen atoms in total. The third kappa shape index (κ3) is 4.49. The number of rotatable bonds is 5. The highest BCUT2D eigenvalue weighted by molar-refractivity contribution is 5.87. The summed E-state index contributed by atoms with van der Waals surface area (Å²) in [5.74, 6) is -0.687. The van der Waals surface area contributed by atoms with E-state index in [9.17, 15) is 4.79 Å². The van der Waals surface area contributed by atoms with Crippen LogP contribution in [0, 0.1) is 0 Å². The van der Waals surface area contributed by atoms with Gasteiger partial charge in [-0.2, -0.15) is 0 Å². The van der Waals surface area contributed by atoms with Gasteiger partial charge >= 0.3 is 5.97 Å². The maximum Gasteiger partial charge on any atom is 0.335 e. The van der Waals surface area contributed by atoms with Gasteiger partial charge in [-0.3, -0.25) is 5.26 Å². The summed E-state index contributed by atoms with van der Waals surface area (Å²) in [5.41, 5.74) is 0.000880. The monoisotopic (exact) mass is 162 g/mol. The minimum atomic E-state index is -0.687. The van der Waals surface area contributed by atoms with Crippen LogP contribution in [-0.2, 0) is 14.4 Å². The first kappa shape index (κ1) is 10.1. The molecule has 0 heterocycles. The number of aliphatic hydroxyl groups is 1. The SMILES string of the molecule is C=C(COO)C(=O)OCCO. The quantitative estimate of drug-likeness (QED) is 0.248. The molecule has 0 aromatic carbocycles. The molecule has 64 valence electrons. The van der Waals surface area contributed by atoms with E-state index >= 15 is 0 Å². The molecule has 0 amide bonds. The molecule has 0 unspecified atom stereocenters. The fourth-order valence-electron chi connectivity index (χ4n) is 0.377. The Morgan fingerprint density at radius 2 is 2.18 bits per heavy atom. The van der Waals surface area contributed by atoms with Gasteiger partial charge in [0.05, 0.1) is 12.2 Å². The molecule has 0 radical (unpaired) electrons. The van der Waals surface area contributed by atoms with Gasteiger partial charge in [-0.25, -0.2) is 9.68 Å². The summed E-state index contributed by atoms with van der Waals surface area (Å²) < 4.78 is 4.43. The van der Waals surface area contributed by atoms with E-state index < -0.39 is 5.97 Å². The molecular formula is C6H10O5. The van der Waals surface area contributed by atoms with Crippen molar-refractivity contribution in [3.05, 3.63) is 12.2 Å². The van der Waals surface area contributed by atoms with E-state index in [0.717, 1.165) is 0 Å². The van der Waals surface area contributed by atoms with Gasteiger partial charge in [0.1, 0.15) is 13.2 Å². The first-order valence-electron chi connectivity index (χ1n) is 2.94. The molecule has 0 fully saturated rings. The normalized spacial score (nSPS) is 9.27. The highest BCUT2D eigenvalue weighted by atomic mass is 17.1. The number of esters is 1. The van der Waals surface area contributed by atoms with Crippen molar-refractivity contribution in [2.75, 3.05) is 19.8 Å². The second kappa shape index (κ2) is 5.84. The van der Waals surface area contributed by atoms with Gasteiger partial charge in [0, 0.05) is 0 Å². The predicted molar refractivity (Wildman–Crippen MR) is 35.8 cm³/mol. The van der Waals surface area contributed by atoms with Crippen LogP contribution in [0.4, 0.5) is 0 Å². The third-order valence-corrected chi connectivity index (χ3v) is 0.852.